The number of alkyl halides is 1. The van der Waals surface area contributed by atoms with E-state index < -0.39 is 0 Å². The Hall–Kier alpha value is 0.400. The van der Waals surface area contributed by atoms with Crippen molar-refractivity contribution in [1.82, 2.24) is 4.90 Å². The zero-order chi connectivity index (χ0) is 9.52. The third kappa shape index (κ3) is 3.96. The van der Waals surface area contributed by atoms with E-state index in [9.17, 15) is 0 Å². The summed E-state index contributed by atoms with van der Waals surface area (Å²) in [4.78, 5) is 2.58. The molecule has 0 bridgehead atoms. The van der Waals surface area contributed by atoms with Crippen LogP contribution in [0, 0.1) is 0 Å². The first-order valence-electron chi connectivity index (χ1n) is 5.26. The lowest BCUT2D eigenvalue weighted by Gasteiger charge is -2.22. The summed E-state index contributed by atoms with van der Waals surface area (Å²) in [5.74, 6) is 0. The molecule has 0 amide bonds. The van der Waals surface area contributed by atoms with E-state index >= 15 is 0 Å². The number of halogens is 1. The molecule has 1 rings (SSSR count). The Bertz CT molecular complexity index is 132. The number of ether oxygens (including phenoxy) is 1. The Balaban J connectivity index is 2.06. The molecular weight excluding hydrogens is 230 g/mol. The van der Waals surface area contributed by atoms with Crippen LogP contribution in [-0.2, 0) is 4.74 Å². The summed E-state index contributed by atoms with van der Waals surface area (Å²) in [6.07, 6.45) is 3.90. The topological polar surface area (TPSA) is 12.5 Å². The van der Waals surface area contributed by atoms with Gasteiger partial charge in [-0.25, -0.2) is 0 Å². The highest BCUT2D eigenvalue weighted by molar-refractivity contribution is 9.09. The Kier molecular flexibility index (Phi) is 6.00. The van der Waals surface area contributed by atoms with E-state index in [1.165, 1.54) is 32.4 Å². The minimum Gasteiger partial charge on any atom is -0.382 e. The number of hydrogen-bond acceptors (Lipinski definition) is 2. The van der Waals surface area contributed by atoms with Crippen LogP contribution in [0.15, 0.2) is 0 Å². The summed E-state index contributed by atoms with van der Waals surface area (Å²) in [5, 5.41) is 1.13. The molecule has 1 unspecified atom stereocenters. The van der Waals surface area contributed by atoms with Crippen molar-refractivity contribution in [2.24, 2.45) is 0 Å². The van der Waals surface area contributed by atoms with Crippen molar-refractivity contribution in [2.75, 3.05) is 31.6 Å². The van der Waals surface area contributed by atoms with Gasteiger partial charge in [0.25, 0.3) is 0 Å². The third-order valence-electron chi connectivity index (χ3n) is 2.62. The van der Waals surface area contributed by atoms with E-state index in [1.54, 1.807) is 0 Å². The first kappa shape index (κ1) is 11.5. The van der Waals surface area contributed by atoms with Gasteiger partial charge in [0.2, 0.25) is 0 Å². The molecule has 1 atom stereocenters. The molecule has 0 N–H and O–H groups in total. The average molecular weight is 250 g/mol. The lowest BCUT2D eigenvalue weighted by Crippen LogP contribution is -2.31. The normalized spacial score (nSPS) is 24.0. The van der Waals surface area contributed by atoms with Gasteiger partial charge in [-0.05, 0) is 32.7 Å². The first-order valence-corrected chi connectivity index (χ1v) is 6.38. The quantitative estimate of drug-likeness (QED) is 0.529. The fourth-order valence-electron chi connectivity index (χ4n) is 1.88. The second-order valence-corrected chi connectivity index (χ2v) is 4.18. The minimum atomic E-state index is 0.779. The highest BCUT2D eigenvalue weighted by atomic mass is 79.9. The molecule has 1 aliphatic heterocycles. The fraction of sp³-hybridized carbons (Fsp3) is 1.00. The maximum atomic E-state index is 5.32. The molecule has 0 aromatic carbocycles. The van der Waals surface area contributed by atoms with Crippen molar-refractivity contribution in [3.8, 4) is 0 Å². The summed E-state index contributed by atoms with van der Waals surface area (Å²) in [5.41, 5.74) is 0. The van der Waals surface area contributed by atoms with Crippen LogP contribution in [0.4, 0.5) is 0 Å². The fourth-order valence-corrected chi connectivity index (χ4v) is 2.61. The van der Waals surface area contributed by atoms with Crippen LogP contribution in [0.1, 0.15) is 26.2 Å². The average Bonchev–Trinajstić information content (AvgIpc) is 2.60. The highest BCUT2D eigenvalue weighted by Crippen LogP contribution is 2.18. The molecule has 2 nitrogen and oxygen atoms in total. The van der Waals surface area contributed by atoms with Gasteiger partial charge in [0.1, 0.15) is 0 Å². The monoisotopic (exact) mass is 249 g/mol. The molecule has 1 fully saturated rings. The number of rotatable bonds is 6. The van der Waals surface area contributed by atoms with Gasteiger partial charge in [-0.3, -0.25) is 4.90 Å². The van der Waals surface area contributed by atoms with Gasteiger partial charge < -0.3 is 4.74 Å². The summed E-state index contributed by atoms with van der Waals surface area (Å²) >= 11 is 3.57. The van der Waals surface area contributed by atoms with Gasteiger partial charge in [0.05, 0.1) is 0 Å². The van der Waals surface area contributed by atoms with Gasteiger partial charge in [-0.2, -0.15) is 0 Å². The summed E-state index contributed by atoms with van der Waals surface area (Å²) in [6, 6.07) is 0.779. The van der Waals surface area contributed by atoms with Crippen LogP contribution in [0.25, 0.3) is 0 Å². The molecule has 78 valence electrons. The number of nitrogens with zero attached hydrogens (tertiary/aromatic N) is 1. The molecule has 1 aliphatic rings. The van der Waals surface area contributed by atoms with Crippen molar-refractivity contribution in [3.05, 3.63) is 0 Å². The van der Waals surface area contributed by atoms with E-state index in [-0.39, 0.29) is 0 Å². The Morgan fingerprint density at radius 3 is 3.08 bits per heavy atom. The largest absolute Gasteiger partial charge is 0.382 e. The summed E-state index contributed by atoms with van der Waals surface area (Å²) < 4.78 is 5.32. The van der Waals surface area contributed by atoms with Crippen LogP contribution in [-0.4, -0.2) is 42.6 Å². The van der Waals surface area contributed by atoms with Crippen molar-refractivity contribution in [2.45, 2.75) is 32.2 Å². The van der Waals surface area contributed by atoms with Crippen molar-refractivity contribution >= 4 is 15.9 Å². The van der Waals surface area contributed by atoms with E-state index in [0.717, 1.165) is 24.6 Å². The third-order valence-corrected chi connectivity index (χ3v) is 3.36. The Morgan fingerprint density at radius 1 is 1.54 bits per heavy atom. The number of hydrogen-bond donors (Lipinski definition) is 0. The molecule has 0 radical (unpaired) electrons. The van der Waals surface area contributed by atoms with E-state index in [0.29, 0.717) is 0 Å². The van der Waals surface area contributed by atoms with E-state index in [2.05, 4.69) is 27.8 Å². The predicted octanol–water partition coefficient (Wildman–Crippen LogP) is 2.27. The first-order chi connectivity index (χ1) is 6.38. The summed E-state index contributed by atoms with van der Waals surface area (Å²) in [6.45, 7) is 6.31. The SMILES string of the molecule is CCOCCCN1CCCC1CBr. The second-order valence-electron chi connectivity index (χ2n) is 3.54. The Labute approximate surface area is 89.8 Å². The second kappa shape index (κ2) is 6.80. The van der Waals surface area contributed by atoms with E-state index in [1.807, 2.05) is 0 Å². The van der Waals surface area contributed by atoms with Gasteiger partial charge in [-0.15, -0.1) is 0 Å². The van der Waals surface area contributed by atoms with Gasteiger partial charge >= 0.3 is 0 Å². The zero-order valence-electron chi connectivity index (χ0n) is 8.47. The molecular formula is C10H20BrNO. The molecule has 0 aliphatic carbocycles. The zero-order valence-corrected chi connectivity index (χ0v) is 10.1. The number of likely N-dealkylation sites (tertiary alicyclic amines) is 1. The smallest absolute Gasteiger partial charge is 0.0478 e. The highest BCUT2D eigenvalue weighted by Gasteiger charge is 2.22. The van der Waals surface area contributed by atoms with Crippen LogP contribution in [0.3, 0.4) is 0 Å². The predicted molar refractivity (Wildman–Crippen MR) is 59.5 cm³/mol. The summed E-state index contributed by atoms with van der Waals surface area (Å²) in [7, 11) is 0. The standard InChI is InChI=1S/C10H20BrNO/c1-2-13-8-4-7-12-6-3-5-10(12)9-11/h10H,2-9H2,1H3. The van der Waals surface area contributed by atoms with Gasteiger partial charge in [0, 0.05) is 31.1 Å². The molecule has 3 heteroatoms. The minimum absolute atomic E-state index is 0.779. The molecule has 13 heavy (non-hydrogen) atoms. The molecule has 0 aromatic heterocycles. The van der Waals surface area contributed by atoms with Crippen LogP contribution in [0.2, 0.25) is 0 Å². The van der Waals surface area contributed by atoms with Crippen molar-refractivity contribution in [1.29, 1.82) is 0 Å². The van der Waals surface area contributed by atoms with Crippen molar-refractivity contribution < 1.29 is 4.74 Å². The lowest BCUT2D eigenvalue weighted by molar-refractivity contribution is 0.131. The van der Waals surface area contributed by atoms with Gasteiger partial charge in [-0.1, -0.05) is 15.9 Å². The molecule has 0 spiro atoms. The maximum Gasteiger partial charge on any atom is 0.0478 e. The lowest BCUT2D eigenvalue weighted by atomic mass is 10.2. The van der Waals surface area contributed by atoms with Gasteiger partial charge in [0.15, 0.2) is 0 Å². The van der Waals surface area contributed by atoms with E-state index in [4.69, 9.17) is 4.74 Å². The van der Waals surface area contributed by atoms with Crippen molar-refractivity contribution in [3.63, 3.8) is 0 Å². The Morgan fingerprint density at radius 2 is 2.38 bits per heavy atom. The molecule has 0 aromatic rings. The van der Waals surface area contributed by atoms with Crippen LogP contribution in [0.5, 0.6) is 0 Å². The van der Waals surface area contributed by atoms with Crippen LogP contribution >= 0.6 is 15.9 Å². The molecule has 0 saturated carbocycles. The molecule has 1 saturated heterocycles. The van der Waals surface area contributed by atoms with Crippen LogP contribution < -0.4 is 0 Å². The molecule has 1 heterocycles. The maximum absolute atomic E-state index is 5.32.